The predicted molar refractivity (Wildman–Crippen MR) is 92.3 cm³/mol. The molecule has 0 unspecified atom stereocenters. The van der Waals surface area contributed by atoms with Gasteiger partial charge >= 0.3 is 0 Å². The van der Waals surface area contributed by atoms with E-state index < -0.39 is 0 Å². The Bertz CT molecular complexity index is 841. The third kappa shape index (κ3) is 2.80. The highest BCUT2D eigenvalue weighted by Crippen LogP contribution is 2.23. The largest absolute Gasteiger partial charge is 0.384 e. The van der Waals surface area contributed by atoms with Crippen LogP contribution in [0.3, 0.4) is 0 Å². The summed E-state index contributed by atoms with van der Waals surface area (Å²) in [6.45, 7) is 3.76. The van der Waals surface area contributed by atoms with E-state index in [-0.39, 0.29) is 0 Å². The van der Waals surface area contributed by atoms with Crippen LogP contribution in [0.4, 0.5) is 11.6 Å². The van der Waals surface area contributed by atoms with Crippen molar-refractivity contribution in [1.82, 2.24) is 20.3 Å². The molecule has 0 amide bonds. The zero-order valence-corrected chi connectivity index (χ0v) is 12.7. The Hall–Kier alpha value is -2.73. The molecular weight excluding hydrogens is 288 g/mol. The molecule has 3 N–H and O–H groups in total. The van der Waals surface area contributed by atoms with Crippen molar-refractivity contribution >= 4 is 22.5 Å². The first-order chi connectivity index (χ1) is 11.3. The molecule has 0 atom stereocenters. The maximum atomic E-state index is 6.00. The number of hydrogen-bond acceptors (Lipinski definition) is 6. The van der Waals surface area contributed by atoms with Gasteiger partial charge in [0, 0.05) is 49.4 Å². The zero-order valence-electron chi connectivity index (χ0n) is 12.7. The Morgan fingerprint density at radius 1 is 1.04 bits per heavy atom. The van der Waals surface area contributed by atoms with E-state index >= 15 is 0 Å². The lowest BCUT2D eigenvalue weighted by molar-refractivity contribution is 0.585. The van der Waals surface area contributed by atoms with Crippen LogP contribution in [0.15, 0.2) is 42.6 Å². The van der Waals surface area contributed by atoms with Crippen LogP contribution in [-0.2, 0) is 0 Å². The van der Waals surface area contributed by atoms with Gasteiger partial charge in [0.2, 0.25) is 0 Å². The zero-order chi connectivity index (χ0) is 15.6. The highest BCUT2D eigenvalue weighted by atomic mass is 15.2. The first kappa shape index (κ1) is 13.9. The normalized spacial score (nSPS) is 15.0. The van der Waals surface area contributed by atoms with Crippen LogP contribution in [0.5, 0.6) is 0 Å². The van der Waals surface area contributed by atoms with E-state index in [9.17, 15) is 0 Å². The summed E-state index contributed by atoms with van der Waals surface area (Å²) in [6, 6.07) is 11.9. The molecule has 6 nitrogen and oxygen atoms in total. The lowest BCUT2D eigenvalue weighted by atomic mass is 10.1. The molecule has 0 saturated carbocycles. The summed E-state index contributed by atoms with van der Waals surface area (Å²) in [5, 5.41) is 4.41. The Morgan fingerprint density at radius 3 is 2.74 bits per heavy atom. The number of hydrogen-bond donors (Lipinski definition) is 2. The molecule has 0 aliphatic carbocycles. The Balaban J connectivity index is 1.76. The van der Waals surface area contributed by atoms with Crippen LogP contribution in [0.25, 0.3) is 22.3 Å². The standard InChI is InChI=1S/C17H18N6/c18-15-10-16(23-7-5-19-6-8-23)22-17(21-15)13-9-12-3-1-2-4-14(12)20-11-13/h1-4,9-11,19H,5-8H2,(H2,18,21,22). The second kappa shape index (κ2) is 5.81. The number of benzene rings is 1. The molecule has 3 heterocycles. The molecule has 1 aliphatic rings. The number of para-hydroxylation sites is 1. The van der Waals surface area contributed by atoms with Crippen molar-refractivity contribution in [2.24, 2.45) is 0 Å². The van der Waals surface area contributed by atoms with Crippen LogP contribution in [-0.4, -0.2) is 41.1 Å². The number of anilines is 2. The topological polar surface area (TPSA) is 80.0 Å². The summed E-state index contributed by atoms with van der Waals surface area (Å²) >= 11 is 0. The number of aromatic nitrogens is 3. The number of nitrogens with one attached hydrogen (secondary N) is 1. The van der Waals surface area contributed by atoms with Gasteiger partial charge < -0.3 is 16.0 Å². The van der Waals surface area contributed by atoms with Crippen LogP contribution in [0.2, 0.25) is 0 Å². The smallest absolute Gasteiger partial charge is 0.165 e. The average Bonchev–Trinajstić information content (AvgIpc) is 2.61. The molecule has 6 heteroatoms. The second-order valence-corrected chi connectivity index (χ2v) is 5.63. The summed E-state index contributed by atoms with van der Waals surface area (Å²) in [6.07, 6.45) is 1.80. The first-order valence-corrected chi connectivity index (χ1v) is 7.75. The highest BCUT2D eigenvalue weighted by Gasteiger charge is 2.14. The lowest BCUT2D eigenvalue weighted by Crippen LogP contribution is -2.44. The molecule has 0 spiro atoms. The molecule has 116 valence electrons. The fourth-order valence-electron chi connectivity index (χ4n) is 2.83. The summed E-state index contributed by atoms with van der Waals surface area (Å²) in [5.74, 6) is 1.98. The molecule has 1 fully saturated rings. The molecule has 0 bridgehead atoms. The summed E-state index contributed by atoms with van der Waals surface area (Å²) in [4.78, 5) is 15.8. The molecule has 23 heavy (non-hydrogen) atoms. The van der Waals surface area contributed by atoms with Gasteiger partial charge in [-0.3, -0.25) is 4.98 Å². The van der Waals surface area contributed by atoms with Gasteiger partial charge in [-0.15, -0.1) is 0 Å². The Kier molecular flexibility index (Phi) is 3.51. The van der Waals surface area contributed by atoms with Crippen molar-refractivity contribution in [2.45, 2.75) is 0 Å². The highest BCUT2D eigenvalue weighted by molar-refractivity contribution is 5.82. The molecule has 1 aliphatic heterocycles. The molecule has 1 aromatic carbocycles. The number of nitrogen functional groups attached to an aromatic ring is 1. The average molecular weight is 306 g/mol. The summed E-state index contributed by atoms with van der Waals surface area (Å²) < 4.78 is 0. The van der Waals surface area contributed by atoms with E-state index in [2.05, 4.69) is 26.3 Å². The quantitative estimate of drug-likeness (QED) is 0.750. The van der Waals surface area contributed by atoms with E-state index in [1.54, 1.807) is 6.20 Å². The molecule has 2 aromatic heterocycles. The molecule has 4 rings (SSSR count). The van der Waals surface area contributed by atoms with E-state index in [1.165, 1.54) is 0 Å². The van der Waals surface area contributed by atoms with Crippen molar-refractivity contribution < 1.29 is 0 Å². The molecule has 1 saturated heterocycles. The van der Waals surface area contributed by atoms with Crippen molar-refractivity contribution in [3.63, 3.8) is 0 Å². The van der Waals surface area contributed by atoms with Gasteiger partial charge in [-0.1, -0.05) is 18.2 Å². The number of rotatable bonds is 2. The van der Waals surface area contributed by atoms with Crippen molar-refractivity contribution in [1.29, 1.82) is 0 Å². The van der Waals surface area contributed by atoms with E-state index in [1.807, 2.05) is 30.3 Å². The molecule has 0 radical (unpaired) electrons. The Labute approximate surface area is 134 Å². The van der Waals surface area contributed by atoms with Crippen LogP contribution in [0.1, 0.15) is 0 Å². The van der Waals surface area contributed by atoms with Gasteiger partial charge in [0.25, 0.3) is 0 Å². The molecular formula is C17H18N6. The van der Waals surface area contributed by atoms with Crippen LogP contribution < -0.4 is 16.0 Å². The number of nitrogens with two attached hydrogens (primary N) is 1. The number of piperazine rings is 1. The fraction of sp³-hybridized carbons (Fsp3) is 0.235. The Morgan fingerprint density at radius 2 is 1.87 bits per heavy atom. The molecule has 3 aromatic rings. The minimum absolute atomic E-state index is 0.483. The number of fused-ring (bicyclic) bond motifs is 1. The van der Waals surface area contributed by atoms with Crippen molar-refractivity contribution in [2.75, 3.05) is 36.8 Å². The minimum Gasteiger partial charge on any atom is -0.384 e. The van der Waals surface area contributed by atoms with E-state index in [4.69, 9.17) is 10.7 Å². The van der Waals surface area contributed by atoms with Gasteiger partial charge in [-0.25, -0.2) is 9.97 Å². The van der Waals surface area contributed by atoms with Gasteiger partial charge in [0.15, 0.2) is 5.82 Å². The van der Waals surface area contributed by atoms with E-state index in [0.29, 0.717) is 11.6 Å². The SMILES string of the molecule is Nc1cc(N2CCNCC2)nc(-c2cnc3ccccc3c2)n1. The van der Waals surface area contributed by atoms with Gasteiger partial charge in [-0.05, 0) is 12.1 Å². The first-order valence-electron chi connectivity index (χ1n) is 7.75. The summed E-state index contributed by atoms with van der Waals surface area (Å²) in [5.41, 5.74) is 7.84. The number of nitrogens with zero attached hydrogens (tertiary/aromatic N) is 4. The fourth-order valence-corrected chi connectivity index (χ4v) is 2.83. The van der Waals surface area contributed by atoms with Crippen LogP contribution >= 0.6 is 0 Å². The van der Waals surface area contributed by atoms with E-state index in [0.717, 1.165) is 48.5 Å². The van der Waals surface area contributed by atoms with Crippen molar-refractivity contribution in [3.05, 3.63) is 42.6 Å². The second-order valence-electron chi connectivity index (χ2n) is 5.63. The minimum atomic E-state index is 0.483. The van der Waals surface area contributed by atoms with Crippen molar-refractivity contribution in [3.8, 4) is 11.4 Å². The third-order valence-corrected chi connectivity index (χ3v) is 4.02. The van der Waals surface area contributed by atoms with Gasteiger partial charge in [0.05, 0.1) is 5.52 Å². The summed E-state index contributed by atoms with van der Waals surface area (Å²) in [7, 11) is 0. The van der Waals surface area contributed by atoms with Gasteiger partial charge in [0.1, 0.15) is 11.6 Å². The third-order valence-electron chi connectivity index (χ3n) is 4.02. The predicted octanol–water partition coefficient (Wildman–Crippen LogP) is 1.68. The lowest BCUT2D eigenvalue weighted by Gasteiger charge is -2.28. The maximum absolute atomic E-state index is 6.00. The monoisotopic (exact) mass is 306 g/mol. The number of pyridine rings is 1. The van der Waals surface area contributed by atoms with Gasteiger partial charge in [-0.2, -0.15) is 0 Å². The maximum Gasteiger partial charge on any atom is 0.165 e. The van der Waals surface area contributed by atoms with Crippen LogP contribution in [0, 0.1) is 0 Å².